The van der Waals surface area contributed by atoms with Crippen molar-refractivity contribution in [3.05, 3.63) is 21.1 Å². The number of nitrogens with zero attached hydrogens (tertiary/aromatic N) is 1. The number of ether oxygens (including phenoxy) is 2. The third-order valence-corrected chi connectivity index (χ3v) is 3.73. The summed E-state index contributed by atoms with van der Waals surface area (Å²) in [6.45, 7) is 4.29. The summed E-state index contributed by atoms with van der Waals surface area (Å²) in [4.78, 5) is 0. The van der Waals surface area contributed by atoms with Gasteiger partial charge in [0.1, 0.15) is 11.5 Å². The maximum atomic E-state index is 8.92. The third-order valence-electron chi connectivity index (χ3n) is 2.49. The van der Waals surface area contributed by atoms with Crippen LogP contribution in [0.15, 0.2) is 21.1 Å². The molecule has 0 aliphatic carbocycles. The minimum Gasteiger partial charge on any atom is -0.496 e. The van der Waals surface area contributed by atoms with Gasteiger partial charge in [-0.2, -0.15) is 5.26 Å². The number of rotatable bonds is 5. The molecule has 0 aromatic heterocycles. The van der Waals surface area contributed by atoms with E-state index in [1.165, 1.54) is 0 Å². The zero-order valence-corrected chi connectivity index (χ0v) is 13.8. The van der Waals surface area contributed by atoms with E-state index in [0.717, 1.165) is 20.4 Å². The summed E-state index contributed by atoms with van der Waals surface area (Å²) in [5, 5.41) is 8.92. The van der Waals surface area contributed by atoms with Gasteiger partial charge in [0.25, 0.3) is 0 Å². The molecule has 1 aromatic carbocycles. The van der Waals surface area contributed by atoms with E-state index in [9.17, 15) is 0 Å². The maximum Gasteiger partial charge on any atom is 0.134 e. The predicted octanol–water partition coefficient (Wildman–Crippen LogP) is 4.54. The smallest absolute Gasteiger partial charge is 0.134 e. The molecule has 1 aromatic rings. The molecule has 0 fully saturated rings. The Balaban J connectivity index is 2.69. The summed E-state index contributed by atoms with van der Waals surface area (Å²) in [6.07, 6.45) is 0.680. The molecular formula is C13H15Br2NO2. The van der Waals surface area contributed by atoms with Crippen LogP contribution < -0.4 is 9.47 Å². The summed E-state index contributed by atoms with van der Waals surface area (Å²) in [6, 6.07) is 5.94. The molecule has 1 rings (SSSR count). The van der Waals surface area contributed by atoms with Crippen molar-refractivity contribution in [3.8, 4) is 17.6 Å². The van der Waals surface area contributed by atoms with Gasteiger partial charge in [-0.1, -0.05) is 0 Å². The molecule has 0 aliphatic rings. The molecule has 3 nitrogen and oxygen atoms in total. The van der Waals surface area contributed by atoms with E-state index in [1.54, 1.807) is 7.11 Å². The average Bonchev–Trinajstić information content (AvgIpc) is 2.33. The normalized spacial score (nSPS) is 10.9. The highest BCUT2D eigenvalue weighted by molar-refractivity contribution is 9.11. The minimum atomic E-state index is -0.365. The standard InChI is InChI=1S/C13H15Br2NO2/c1-13(2,8-16)4-5-18-12-7-9(14)11(17-3)6-10(12)15/h6-7H,4-5H2,1-3H3. The fourth-order valence-electron chi connectivity index (χ4n) is 1.25. The van der Waals surface area contributed by atoms with Gasteiger partial charge in [0, 0.05) is 0 Å². The molecule has 98 valence electrons. The molecular weight excluding hydrogens is 362 g/mol. The van der Waals surface area contributed by atoms with Gasteiger partial charge in [0.05, 0.1) is 34.1 Å². The lowest BCUT2D eigenvalue weighted by Gasteiger charge is -2.16. The maximum absolute atomic E-state index is 8.92. The number of nitriles is 1. The van der Waals surface area contributed by atoms with E-state index in [0.29, 0.717) is 13.0 Å². The van der Waals surface area contributed by atoms with Gasteiger partial charge in [0.15, 0.2) is 0 Å². The van der Waals surface area contributed by atoms with Crippen molar-refractivity contribution >= 4 is 31.9 Å². The Kier molecular flexibility index (Phi) is 5.48. The van der Waals surface area contributed by atoms with Crippen molar-refractivity contribution in [1.29, 1.82) is 5.26 Å². The first-order valence-electron chi connectivity index (χ1n) is 5.46. The summed E-state index contributed by atoms with van der Waals surface area (Å²) in [5.74, 6) is 1.47. The van der Waals surface area contributed by atoms with Crippen LogP contribution in [0.5, 0.6) is 11.5 Å². The average molecular weight is 377 g/mol. The van der Waals surface area contributed by atoms with Crippen LogP contribution in [0, 0.1) is 16.7 Å². The zero-order valence-electron chi connectivity index (χ0n) is 10.6. The highest BCUT2D eigenvalue weighted by Gasteiger charge is 2.17. The van der Waals surface area contributed by atoms with E-state index >= 15 is 0 Å². The van der Waals surface area contributed by atoms with Crippen molar-refractivity contribution in [3.63, 3.8) is 0 Å². The van der Waals surface area contributed by atoms with Gasteiger partial charge in [-0.15, -0.1) is 0 Å². The Bertz CT molecular complexity index is 467. The molecule has 0 bridgehead atoms. The summed E-state index contributed by atoms with van der Waals surface area (Å²) in [5.41, 5.74) is -0.365. The first-order valence-corrected chi connectivity index (χ1v) is 7.05. The van der Waals surface area contributed by atoms with Gasteiger partial charge in [0.2, 0.25) is 0 Å². The van der Waals surface area contributed by atoms with Crippen LogP contribution in [-0.4, -0.2) is 13.7 Å². The van der Waals surface area contributed by atoms with Gasteiger partial charge < -0.3 is 9.47 Å². The van der Waals surface area contributed by atoms with Gasteiger partial charge >= 0.3 is 0 Å². The van der Waals surface area contributed by atoms with Crippen LogP contribution in [-0.2, 0) is 0 Å². The first kappa shape index (κ1) is 15.3. The van der Waals surface area contributed by atoms with E-state index < -0.39 is 0 Å². The monoisotopic (exact) mass is 375 g/mol. The first-order chi connectivity index (χ1) is 8.39. The van der Waals surface area contributed by atoms with Crippen molar-refractivity contribution in [2.45, 2.75) is 20.3 Å². The number of methoxy groups -OCH3 is 1. The lowest BCUT2D eigenvalue weighted by atomic mass is 9.92. The molecule has 0 radical (unpaired) electrons. The van der Waals surface area contributed by atoms with Crippen LogP contribution in [0.2, 0.25) is 0 Å². The number of hydrogen-bond acceptors (Lipinski definition) is 3. The second-order valence-corrected chi connectivity index (χ2v) is 6.22. The highest BCUT2D eigenvalue weighted by Crippen LogP contribution is 2.36. The van der Waals surface area contributed by atoms with Crippen molar-refractivity contribution in [2.75, 3.05) is 13.7 Å². The molecule has 0 heterocycles. The number of halogens is 2. The molecule has 0 amide bonds. The highest BCUT2D eigenvalue weighted by atomic mass is 79.9. The minimum absolute atomic E-state index is 0.365. The second kappa shape index (κ2) is 6.44. The Morgan fingerprint density at radius 3 is 2.33 bits per heavy atom. The van der Waals surface area contributed by atoms with Crippen LogP contribution in [0.25, 0.3) is 0 Å². The lowest BCUT2D eigenvalue weighted by Crippen LogP contribution is -2.13. The van der Waals surface area contributed by atoms with Crippen molar-refractivity contribution in [1.82, 2.24) is 0 Å². The van der Waals surface area contributed by atoms with E-state index in [4.69, 9.17) is 14.7 Å². The molecule has 0 unspecified atom stereocenters. The predicted molar refractivity (Wildman–Crippen MR) is 77.9 cm³/mol. The van der Waals surface area contributed by atoms with Crippen molar-refractivity contribution in [2.24, 2.45) is 5.41 Å². The molecule has 0 saturated carbocycles. The quantitative estimate of drug-likeness (QED) is 0.757. The molecule has 0 saturated heterocycles. The fourth-order valence-corrected chi connectivity index (χ4v) is 2.17. The zero-order chi connectivity index (χ0) is 13.8. The Morgan fingerprint density at radius 1 is 1.22 bits per heavy atom. The van der Waals surface area contributed by atoms with Gasteiger partial charge in [-0.3, -0.25) is 0 Å². The lowest BCUT2D eigenvalue weighted by molar-refractivity contribution is 0.262. The SMILES string of the molecule is COc1cc(Br)c(OCCC(C)(C)C#N)cc1Br. The van der Waals surface area contributed by atoms with Crippen LogP contribution in [0.1, 0.15) is 20.3 Å². The van der Waals surface area contributed by atoms with Crippen molar-refractivity contribution < 1.29 is 9.47 Å². The fraction of sp³-hybridized carbons (Fsp3) is 0.462. The molecule has 18 heavy (non-hydrogen) atoms. The summed E-state index contributed by atoms with van der Waals surface area (Å²) in [7, 11) is 1.61. The van der Waals surface area contributed by atoms with Gasteiger partial charge in [-0.25, -0.2) is 0 Å². The second-order valence-electron chi connectivity index (χ2n) is 4.51. The molecule has 0 N–H and O–H groups in total. The number of benzene rings is 1. The van der Waals surface area contributed by atoms with Gasteiger partial charge in [-0.05, 0) is 64.3 Å². The van der Waals surface area contributed by atoms with E-state index in [2.05, 4.69) is 37.9 Å². The molecule has 0 atom stereocenters. The Hall–Kier alpha value is -0.730. The third kappa shape index (κ3) is 4.18. The van der Waals surface area contributed by atoms with Crippen LogP contribution in [0.3, 0.4) is 0 Å². The summed E-state index contributed by atoms with van der Waals surface area (Å²) < 4.78 is 12.5. The molecule has 0 spiro atoms. The topological polar surface area (TPSA) is 42.2 Å². The molecule has 5 heteroatoms. The van der Waals surface area contributed by atoms with E-state index in [-0.39, 0.29) is 5.41 Å². The summed E-state index contributed by atoms with van der Waals surface area (Å²) >= 11 is 6.84. The largest absolute Gasteiger partial charge is 0.496 e. The van der Waals surface area contributed by atoms with Crippen LogP contribution in [0.4, 0.5) is 0 Å². The Labute approximate surface area is 124 Å². The van der Waals surface area contributed by atoms with E-state index in [1.807, 2.05) is 26.0 Å². The molecule has 0 aliphatic heterocycles. The van der Waals surface area contributed by atoms with Crippen LogP contribution >= 0.6 is 31.9 Å². The number of hydrogen-bond donors (Lipinski definition) is 0. The Morgan fingerprint density at radius 2 is 1.78 bits per heavy atom.